The van der Waals surface area contributed by atoms with Crippen LogP contribution in [-0.2, 0) is 0 Å². The molecule has 2 aliphatic rings. The van der Waals surface area contributed by atoms with Crippen LogP contribution in [0.5, 0.6) is 5.75 Å². The summed E-state index contributed by atoms with van der Waals surface area (Å²) < 4.78 is 5.86. The number of benzene rings is 1. The van der Waals surface area contributed by atoms with Crippen molar-refractivity contribution < 1.29 is 9.53 Å². The molecule has 1 amide bonds. The van der Waals surface area contributed by atoms with Gasteiger partial charge in [0.2, 0.25) is 0 Å². The fourth-order valence-corrected chi connectivity index (χ4v) is 3.16. The van der Waals surface area contributed by atoms with Gasteiger partial charge in [-0.05, 0) is 24.5 Å². The molecule has 0 spiro atoms. The lowest BCUT2D eigenvalue weighted by Crippen LogP contribution is -2.43. The highest BCUT2D eigenvalue weighted by Crippen LogP contribution is 2.29. The normalized spacial score (nSPS) is 23.4. The molecule has 0 saturated heterocycles. The zero-order valence-corrected chi connectivity index (χ0v) is 11.2. The van der Waals surface area contributed by atoms with Gasteiger partial charge in [-0.1, -0.05) is 44.2 Å². The lowest BCUT2D eigenvalue weighted by Gasteiger charge is -2.29. The minimum absolute atomic E-state index is 0.00417. The number of ether oxygens (including phenoxy) is 1. The SMILES string of the molecule is O=C1NC(CCC2CCCCC2)Oc2ccccc21. The Morgan fingerprint density at radius 1 is 1.11 bits per heavy atom. The van der Waals surface area contributed by atoms with Gasteiger partial charge >= 0.3 is 0 Å². The fourth-order valence-electron chi connectivity index (χ4n) is 3.16. The maximum atomic E-state index is 12.0. The molecule has 1 aliphatic carbocycles. The maximum Gasteiger partial charge on any atom is 0.257 e. The van der Waals surface area contributed by atoms with Gasteiger partial charge in [0.15, 0.2) is 6.23 Å². The number of nitrogens with one attached hydrogen (secondary N) is 1. The summed E-state index contributed by atoms with van der Waals surface area (Å²) in [7, 11) is 0. The van der Waals surface area contributed by atoms with Crippen LogP contribution in [0.15, 0.2) is 24.3 Å². The molecular formula is C16H21NO2. The van der Waals surface area contributed by atoms with E-state index in [1.807, 2.05) is 24.3 Å². The van der Waals surface area contributed by atoms with Crippen LogP contribution in [0.3, 0.4) is 0 Å². The summed E-state index contributed by atoms with van der Waals surface area (Å²) >= 11 is 0. The number of carbonyl (C=O) groups excluding carboxylic acids is 1. The van der Waals surface area contributed by atoms with Crippen molar-refractivity contribution in [2.75, 3.05) is 0 Å². The first-order chi connectivity index (χ1) is 9.33. The van der Waals surface area contributed by atoms with Crippen molar-refractivity contribution in [2.45, 2.75) is 51.2 Å². The number of rotatable bonds is 3. The number of para-hydroxylation sites is 1. The monoisotopic (exact) mass is 259 g/mol. The van der Waals surface area contributed by atoms with Gasteiger partial charge in [-0.3, -0.25) is 4.79 Å². The summed E-state index contributed by atoms with van der Waals surface area (Å²) in [4.78, 5) is 12.0. The zero-order chi connectivity index (χ0) is 13.1. The Hall–Kier alpha value is -1.51. The van der Waals surface area contributed by atoms with Crippen molar-refractivity contribution >= 4 is 5.91 Å². The fraction of sp³-hybridized carbons (Fsp3) is 0.562. The highest BCUT2D eigenvalue weighted by atomic mass is 16.5. The molecule has 0 radical (unpaired) electrons. The van der Waals surface area contributed by atoms with Gasteiger partial charge in [-0.15, -0.1) is 0 Å². The van der Waals surface area contributed by atoms with E-state index in [9.17, 15) is 4.79 Å². The molecule has 1 N–H and O–H groups in total. The van der Waals surface area contributed by atoms with Crippen LogP contribution in [0.1, 0.15) is 55.3 Å². The largest absolute Gasteiger partial charge is 0.470 e. The van der Waals surface area contributed by atoms with E-state index < -0.39 is 0 Å². The Morgan fingerprint density at radius 2 is 1.89 bits per heavy atom. The number of hydrogen-bond donors (Lipinski definition) is 1. The molecule has 1 heterocycles. The van der Waals surface area contributed by atoms with E-state index in [1.165, 1.54) is 32.1 Å². The van der Waals surface area contributed by atoms with Gasteiger partial charge < -0.3 is 10.1 Å². The Balaban J connectivity index is 1.57. The summed E-state index contributed by atoms with van der Waals surface area (Å²) in [5.41, 5.74) is 0.649. The molecule has 3 nitrogen and oxygen atoms in total. The van der Waals surface area contributed by atoms with Crippen LogP contribution in [0, 0.1) is 5.92 Å². The second-order valence-corrected chi connectivity index (χ2v) is 5.66. The third kappa shape index (κ3) is 2.91. The molecule has 1 saturated carbocycles. The summed E-state index contributed by atoms with van der Waals surface area (Å²) in [5, 5.41) is 2.95. The smallest absolute Gasteiger partial charge is 0.257 e. The molecule has 1 unspecified atom stereocenters. The molecule has 1 aromatic carbocycles. The van der Waals surface area contributed by atoms with Crippen LogP contribution < -0.4 is 10.1 Å². The molecule has 0 aromatic heterocycles. The van der Waals surface area contributed by atoms with Gasteiger partial charge in [0.25, 0.3) is 5.91 Å². The first-order valence-electron chi connectivity index (χ1n) is 7.39. The van der Waals surface area contributed by atoms with Crippen LogP contribution in [0.25, 0.3) is 0 Å². The molecule has 1 atom stereocenters. The van der Waals surface area contributed by atoms with Gasteiger partial charge in [0, 0.05) is 6.42 Å². The Morgan fingerprint density at radius 3 is 2.74 bits per heavy atom. The second kappa shape index (κ2) is 5.64. The zero-order valence-electron chi connectivity index (χ0n) is 11.2. The van der Waals surface area contributed by atoms with E-state index in [2.05, 4.69) is 5.32 Å². The molecule has 0 bridgehead atoms. The molecule has 102 valence electrons. The highest BCUT2D eigenvalue weighted by molar-refractivity contribution is 5.97. The Bertz CT molecular complexity index is 452. The number of carbonyl (C=O) groups is 1. The lowest BCUT2D eigenvalue weighted by molar-refractivity contribution is 0.0719. The van der Waals surface area contributed by atoms with E-state index in [0.717, 1.165) is 24.5 Å². The maximum absolute atomic E-state index is 12.0. The second-order valence-electron chi connectivity index (χ2n) is 5.66. The summed E-state index contributed by atoms with van der Waals surface area (Å²) in [5.74, 6) is 1.54. The lowest BCUT2D eigenvalue weighted by atomic mass is 9.86. The molecule has 1 aliphatic heterocycles. The number of hydrogen-bond acceptors (Lipinski definition) is 2. The van der Waals surface area contributed by atoms with Crippen molar-refractivity contribution in [1.29, 1.82) is 0 Å². The van der Waals surface area contributed by atoms with Gasteiger partial charge in [-0.25, -0.2) is 0 Å². The van der Waals surface area contributed by atoms with Crippen LogP contribution in [-0.4, -0.2) is 12.1 Å². The number of fused-ring (bicyclic) bond motifs is 1. The molecule has 3 rings (SSSR count). The number of amides is 1. The quantitative estimate of drug-likeness (QED) is 0.902. The summed E-state index contributed by atoms with van der Waals surface area (Å²) in [6.45, 7) is 0. The van der Waals surface area contributed by atoms with Crippen LogP contribution >= 0.6 is 0 Å². The average molecular weight is 259 g/mol. The van der Waals surface area contributed by atoms with Crippen molar-refractivity contribution in [1.82, 2.24) is 5.32 Å². The molecule has 1 aromatic rings. The van der Waals surface area contributed by atoms with Crippen molar-refractivity contribution in [3.63, 3.8) is 0 Å². The van der Waals surface area contributed by atoms with Gasteiger partial charge in [-0.2, -0.15) is 0 Å². The van der Waals surface area contributed by atoms with Crippen molar-refractivity contribution in [3.05, 3.63) is 29.8 Å². The van der Waals surface area contributed by atoms with Gasteiger partial charge in [0.1, 0.15) is 5.75 Å². The standard InChI is InChI=1S/C16H21NO2/c18-16-13-8-4-5-9-14(13)19-15(17-16)11-10-12-6-2-1-3-7-12/h4-5,8-9,12,15H,1-3,6-7,10-11H2,(H,17,18). The third-order valence-electron chi connectivity index (χ3n) is 4.25. The molecule has 3 heteroatoms. The third-order valence-corrected chi connectivity index (χ3v) is 4.25. The minimum atomic E-state index is -0.149. The topological polar surface area (TPSA) is 38.3 Å². The Kier molecular flexibility index (Phi) is 3.72. The highest BCUT2D eigenvalue weighted by Gasteiger charge is 2.25. The van der Waals surface area contributed by atoms with E-state index >= 15 is 0 Å². The van der Waals surface area contributed by atoms with E-state index in [4.69, 9.17) is 4.74 Å². The minimum Gasteiger partial charge on any atom is -0.470 e. The summed E-state index contributed by atoms with van der Waals surface area (Å²) in [6.07, 6.45) is 8.74. The Labute approximate surface area is 114 Å². The first kappa shape index (κ1) is 12.5. The van der Waals surface area contributed by atoms with E-state index in [1.54, 1.807) is 0 Å². The van der Waals surface area contributed by atoms with Crippen LogP contribution in [0.4, 0.5) is 0 Å². The average Bonchev–Trinajstić information content (AvgIpc) is 2.46. The molecule has 1 fully saturated rings. The van der Waals surface area contributed by atoms with Crippen molar-refractivity contribution in [2.24, 2.45) is 5.92 Å². The van der Waals surface area contributed by atoms with E-state index in [0.29, 0.717) is 5.56 Å². The van der Waals surface area contributed by atoms with E-state index in [-0.39, 0.29) is 12.1 Å². The predicted octanol–water partition coefficient (Wildman–Crippen LogP) is 3.50. The van der Waals surface area contributed by atoms with Gasteiger partial charge in [0.05, 0.1) is 5.56 Å². The predicted molar refractivity (Wildman–Crippen MR) is 74.1 cm³/mol. The molecular weight excluding hydrogens is 238 g/mol. The van der Waals surface area contributed by atoms with Crippen LogP contribution in [0.2, 0.25) is 0 Å². The first-order valence-corrected chi connectivity index (χ1v) is 7.39. The molecule has 19 heavy (non-hydrogen) atoms. The van der Waals surface area contributed by atoms with Crippen molar-refractivity contribution in [3.8, 4) is 5.75 Å². The summed E-state index contributed by atoms with van der Waals surface area (Å²) in [6, 6.07) is 7.46.